The zero-order valence-electron chi connectivity index (χ0n) is 12.2. The third-order valence-corrected chi connectivity index (χ3v) is 4.00. The Labute approximate surface area is 115 Å². The van der Waals surface area contributed by atoms with Gasteiger partial charge >= 0.3 is 12.0 Å². The van der Waals surface area contributed by atoms with E-state index in [9.17, 15) is 14.7 Å². The molecule has 0 radical (unpaired) electrons. The fourth-order valence-electron chi connectivity index (χ4n) is 2.58. The van der Waals surface area contributed by atoms with Crippen LogP contribution in [0.1, 0.15) is 52.9 Å². The van der Waals surface area contributed by atoms with E-state index in [0.29, 0.717) is 18.9 Å². The first-order valence-corrected chi connectivity index (χ1v) is 7.14. The van der Waals surface area contributed by atoms with E-state index >= 15 is 0 Å². The van der Waals surface area contributed by atoms with E-state index in [2.05, 4.69) is 24.5 Å². The van der Waals surface area contributed by atoms with Crippen molar-refractivity contribution in [3.05, 3.63) is 0 Å². The molecule has 1 aliphatic rings. The summed E-state index contributed by atoms with van der Waals surface area (Å²) in [6, 6.07) is -0.516. The third-order valence-electron chi connectivity index (χ3n) is 4.00. The van der Waals surface area contributed by atoms with Gasteiger partial charge in [0.25, 0.3) is 0 Å². The Kier molecular flexibility index (Phi) is 5.63. The maximum absolute atomic E-state index is 11.7. The zero-order chi connectivity index (χ0) is 14.5. The van der Waals surface area contributed by atoms with Gasteiger partial charge in [0.15, 0.2) is 0 Å². The molecule has 1 aliphatic carbocycles. The molecule has 1 fully saturated rings. The summed E-state index contributed by atoms with van der Waals surface area (Å²) in [6.45, 7) is 6.65. The number of rotatable bonds is 6. The molecule has 3 N–H and O–H groups in total. The van der Waals surface area contributed by atoms with Gasteiger partial charge in [-0.15, -0.1) is 0 Å². The maximum Gasteiger partial charge on any atom is 0.315 e. The number of urea groups is 1. The average molecular weight is 270 g/mol. The molecule has 1 rings (SSSR count). The van der Waals surface area contributed by atoms with Crippen LogP contribution in [0, 0.1) is 11.3 Å². The highest BCUT2D eigenvalue weighted by Gasteiger charge is 2.45. The number of nitrogens with one attached hydrogen (secondary N) is 2. The normalized spacial score (nSPS) is 26.4. The summed E-state index contributed by atoms with van der Waals surface area (Å²) >= 11 is 0. The molecule has 0 saturated heterocycles. The van der Waals surface area contributed by atoms with E-state index in [1.165, 1.54) is 0 Å². The minimum atomic E-state index is -0.824. The van der Waals surface area contributed by atoms with Crippen molar-refractivity contribution in [2.24, 2.45) is 11.3 Å². The highest BCUT2D eigenvalue weighted by Crippen LogP contribution is 2.38. The summed E-state index contributed by atoms with van der Waals surface area (Å²) in [5.41, 5.74) is -0.824. The highest BCUT2D eigenvalue weighted by molar-refractivity contribution is 5.79. The number of amides is 2. The number of carboxylic acid groups (broad SMARTS) is 1. The van der Waals surface area contributed by atoms with E-state index in [1.54, 1.807) is 6.92 Å². The quantitative estimate of drug-likeness (QED) is 0.648. The van der Waals surface area contributed by atoms with Crippen molar-refractivity contribution >= 4 is 12.0 Å². The van der Waals surface area contributed by atoms with E-state index < -0.39 is 11.4 Å². The van der Waals surface area contributed by atoms with Gasteiger partial charge in [-0.05, 0) is 38.5 Å². The lowest BCUT2D eigenvalue weighted by Gasteiger charge is -2.27. The molecule has 1 saturated carbocycles. The lowest BCUT2D eigenvalue weighted by atomic mass is 9.85. The molecule has 0 spiro atoms. The molecule has 0 aromatic carbocycles. The van der Waals surface area contributed by atoms with Gasteiger partial charge in [0.2, 0.25) is 0 Å². The second-order valence-electron chi connectivity index (χ2n) is 6.10. The van der Waals surface area contributed by atoms with Crippen LogP contribution in [-0.2, 0) is 4.79 Å². The van der Waals surface area contributed by atoms with E-state index in [0.717, 1.165) is 25.7 Å². The summed E-state index contributed by atoms with van der Waals surface area (Å²) < 4.78 is 0. The Morgan fingerprint density at radius 2 is 2.11 bits per heavy atom. The van der Waals surface area contributed by atoms with Gasteiger partial charge in [-0.1, -0.05) is 20.3 Å². The third kappa shape index (κ3) is 4.40. The predicted molar refractivity (Wildman–Crippen MR) is 74.0 cm³/mol. The fraction of sp³-hybridized carbons (Fsp3) is 0.857. The van der Waals surface area contributed by atoms with Gasteiger partial charge in [0.1, 0.15) is 0 Å². The van der Waals surface area contributed by atoms with Crippen LogP contribution in [0.4, 0.5) is 4.79 Å². The number of hydrogen-bond donors (Lipinski definition) is 3. The van der Waals surface area contributed by atoms with Crippen LogP contribution in [-0.4, -0.2) is 29.7 Å². The molecule has 0 aromatic heterocycles. The first-order chi connectivity index (χ1) is 8.86. The Morgan fingerprint density at radius 3 is 2.68 bits per heavy atom. The van der Waals surface area contributed by atoms with Gasteiger partial charge in [-0.2, -0.15) is 0 Å². The molecule has 0 aromatic rings. The molecule has 110 valence electrons. The van der Waals surface area contributed by atoms with Crippen LogP contribution >= 0.6 is 0 Å². The van der Waals surface area contributed by atoms with Crippen LogP contribution in [0.3, 0.4) is 0 Å². The minimum Gasteiger partial charge on any atom is -0.481 e. The van der Waals surface area contributed by atoms with E-state index in [4.69, 9.17) is 0 Å². The Bertz CT molecular complexity index is 331. The van der Waals surface area contributed by atoms with Crippen LogP contribution < -0.4 is 10.6 Å². The van der Waals surface area contributed by atoms with Gasteiger partial charge in [0, 0.05) is 12.6 Å². The molecule has 2 amide bonds. The summed E-state index contributed by atoms with van der Waals surface area (Å²) in [5.74, 6) is -0.190. The van der Waals surface area contributed by atoms with Crippen molar-refractivity contribution in [1.82, 2.24) is 10.6 Å². The van der Waals surface area contributed by atoms with Gasteiger partial charge < -0.3 is 15.7 Å². The molecule has 0 aliphatic heterocycles. The number of carboxylic acids is 1. The molecular formula is C14H26N2O3. The number of aliphatic carboxylic acids is 1. The first kappa shape index (κ1) is 15.8. The first-order valence-electron chi connectivity index (χ1n) is 7.14. The lowest BCUT2D eigenvalue weighted by molar-refractivity contribution is -0.148. The maximum atomic E-state index is 11.7. The van der Waals surface area contributed by atoms with Crippen LogP contribution in [0.15, 0.2) is 0 Å². The molecule has 5 nitrogen and oxygen atoms in total. The van der Waals surface area contributed by atoms with Crippen molar-refractivity contribution in [2.45, 2.75) is 58.9 Å². The Hall–Kier alpha value is -1.26. The molecule has 2 atom stereocenters. The summed E-state index contributed by atoms with van der Waals surface area (Å²) in [5, 5.41) is 14.9. The number of carbonyl (C=O) groups excluding carboxylic acids is 1. The molecule has 0 heterocycles. The molecule has 0 bridgehead atoms. The van der Waals surface area contributed by atoms with Crippen LogP contribution in [0.2, 0.25) is 0 Å². The highest BCUT2D eigenvalue weighted by atomic mass is 16.4. The van der Waals surface area contributed by atoms with Gasteiger partial charge in [-0.25, -0.2) is 4.79 Å². The molecular weight excluding hydrogens is 244 g/mol. The van der Waals surface area contributed by atoms with E-state index in [1.807, 2.05) is 0 Å². The molecule has 5 heteroatoms. The van der Waals surface area contributed by atoms with Crippen LogP contribution in [0.25, 0.3) is 0 Å². The second-order valence-corrected chi connectivity index (χ2v) is 6.10. The standard InChI is InChI=1S/C14H26N2O3/c1-10(2)6-5-9-15-13(19)16-11-7-4-8-14(11,3)12(17)18/h10-11H,4-9H2,1-3H3,(H,17,18)(H2,15,16,19). The van der Waals surface area contributed by atoms with Gasteiger partial charge in [0.05, 0.1) is 5.41 Å². The minimum absolute atomic E-state index is 0.247. The van der Waals surface area contributed by atoms with Crippen molar-refractivity contribution in [3.63, 3.8) is 0 Å². The summed E-state index contributed by atoms with van der Waals surface area (Å²) in [4.78, 5) is 23.0. The summed E-state index contributed by atoms with van der Waals surface area (Å²) in [7, 11) is 0. The van der Waals surface area contributed by atoms with Crippen molar-refractivity contribution in [3.8, 4) is 0 Å². The number of carbonyl (C=O) groups is 2. The molecule has 2 unspecified atom stereocenters. The monoisotopic (exact) mass is 270 g/mol. The summed E-state index contributed by atoms with van der Waals surface area (Å²) in [6.07, 6.45) is 4.24. The van der Waals surface area contributed by atoms with Gasteiger partial charge in [-0.3, -0.25) is 4.79 Å². The predicted octanol–water partition coefficient (Wildman–Crippen LogP) is 2.37. The Morgan fingerprint density at radius 1 is 1.42 bits per heavy atom. The average Bonchev–Trinajstić information content (AvgIpc) is 2.68. The zero-order valence-corrected chi connectivity index (χ0v) is 12.2. The lowest BCUT2D eigenvalue weighted by Crippen LogP contribution is -2.50. The van der Waals surface area contributed by atoms with E-state index in [-0.39, 0.29) is 12.1 Å². The van der Waals surface area contributed by atoms with Crippen LogP contribution in [0.5, 0.6) is 0 Å². The van der Waals surface area contributed by atoms with Crippen molar-refractivity contribution in [2.75, 3.05) is 6.54 Å². The van der Waals surface area contributed by atoms with Crippen molar-refractivity contribution in [1.29, 1.82) is 0 Å². The topological polar surface area (TPSA) is 78.4 Å². The number of hydrogen-bond acceptors (Lipinski definition) is 2. The second kappa shape index (κ2) is 6.78. The van der Waals surface area contributed by atoms with Crippen molar-refractivity contribution < 1.29 is 14.7 Å². The Balaban J connectivity index is 2.34. The SMILES string of the molecule is CC(C)CCCNC(=O)NC1CCCC1(C)C(=O)O. The smallest absolute Gasteiger partial charge is 0.315 e. The largest absolute Gasteiger partial charge is 0.481 e. The molecule has 19 heavy (non-hydrogen) atoms. The fourth-order valence-corrected chi connectivity index (χ4v) is 2.58.